The van der Waals surface area contributed by atoms with E-state index in [2.05, 4.69) is 5.32 Å². The Kier molecular flexibility index (Phi) is 4.64. The fourth-order valence-electron chi connectivity index (χ4n) is 3.41. The molecule has 1 saturated heterocycles. The summed E-state index contributed by atoms with van der Waals surface area (Å²) in [5, 5.41) is 3.01. The third kappa shape index (κ3) is 3.59. The van der Waals surface area contributed by atoms with Gasteiger partial charge in [-0.1, -0.05) is 32.1 Å². The molecule has 0 spiro atoms. The molecule has 0 atom stereocenters. The number of nitrogens with zero attached hydrogens (tertiary/aromatic N) is 2. The SMILES string of the molecule is O=C(CN1C(=O)CN(C2CC2)C1=O)NC1CCCCCCC1. The van der Waals surface area contributed by atoms with Gasteiger partial charge in [0, 0.05) is 12.1 Å². The highest BCUT2D eigenvalue weighted by Crippen LogP contribution is 2.30. The van der Waals surface area contributed by atoms with Gasteiger partial charge in [-0.3, -0.25) is 14.5 Å². The van der Waals surface area contributed by atoms with Crippen LogP contribution >= 0.6 is 0 Å². The largest absolute Gasteiger partial charge is 0.352 e. The summed E-state index contributed by atoms with van der Waals surface area (Å²) in [7, 11) is 0. The lowest BCUT2D eigenvalue weighted by Crippen LogP contribution is -2.45. The summed E-state index contributed by atoms with van der Waals surface area (Å²) >= 11 is 0. The maximum atomic E-state index is 12.2. The second-order valence-corrected chi connectivity index (χ2v) is 6.73. The first-order chi connectivity index (χ1) is 10.6. The molecule has 2 saturated carbocycles. The smallest absolute Gasteiger partial charge is 0.327 e. The first-order valence-electron chi connectivity index (χ1n) is 8.55. The van der Waals surface area contributed by atoms with Crippen LogP contribution in [0.3, 0.4) is 0 Å². The van der Waals surface area contributed by atoms with Gasteiger partial charge in [-0.05, 0) is 25.7 Å². The van der Waals surface area contributed by atoms with Crippen molar-refractivity contribution in [3.63, 3.8) is 0 Å². The lowest BCUT2D eigenvalue weighted by molar-refractivity contribution is -0.131. The second kappa shape index (κ2) is 6.67. The third-order valence-electron chi connectivity index (χ3n) is 4.84. The highest BCUT2D eigenvalue weighted by Gasteiger charge is 2.44. The number of carbonyl (C=O) groups excluding carboxylic acids is 3. The van der Waals surface area contributed by atoms with Crippen LogP contribution in [0.2, 0.25) is 0 Å². The van der Waals surface area contributed by atoms with Crippen molar-refractivity contribution in [3.05, 3.63) is 0 Å². The lowest BCUT2D eigenvalue weighted by atomic mass is 9.97. The van der Waals surface area contributed by atoms with Crippen LogP contribution in [0.25, 0.3) is 0 Å². The fourth-order valence-corrected chi connectivity index (χ4v) is 3.41. The van der Waals surface area contributed by atoms with E-state index in [4.69, 9.17) is 0 Å². The van der Waals surface area contributed by atoms with E-state index in [9.17, 15) is 14.4 Å². The Morgan fingerprint density at radius 2 is 1.64 bits per heavy atom. The van der Waals surface area contributed by atoms with Crippen molar-refractivity contribution in [3.8, 4) is 0 Å². The summed E-state index contributed by atoms with van der Waals surface area (Å²) in [6.45, 7) is 0.0115. The summed E-state index contributed by atoms with van der Waals surface area (Å²) in [5.41, 5.74) is 0. The predicted octanol–water partition coefficient (Wildman–Crippen LogP) is 1.64. The molecule has 3 fully saturated rings. The Bertz CT molecular complexity index is 454. The molecule has 0 aromatic carbocycles. The van der Waals surface area contributed by atoms with E-state index in [1.54, 1.807) is 4.90 Å². The van der Waals surface area contributed by atoms with Gasteiger partial charge in [0.1, 0.15) is 13.1 Å². The Morgan fingerprint density at radius 1 is 1.00 bits per heavy atom. The lowest BCUT2D eigenvalue weighted by Gasteiger charge is -2.22. The number of hydrogen-bond donors (Lipinski definition) is 1. The summed E-state index contributed by atoms with van der Waals surface area (Å²) in [6, 6.07) is 0.121. The van der Waals surface area contributed by atoms with Crippen LogP contribution in [0.15, 0.2) is 0 Å². The molecule has 0 radical (unpaired) electrons. The second-order valence-electron chi connectivity index (χ2n) is 6.73. The first-order valence-corrected chi connectivity index (χ1v) is 8.55. The van der Waals surface area contributed by atoms with Crippen LogP contribution in [-0.2, 0) is 9.59 Å². The molecular formula is C16H25N3O3. The van der Waals surface area contributed by atoms with Crippen LogP contribution < -0.4 is 5.32 Å². The van der Waals surface area contributed by atoms with Gasteiger partial charge in [-0.15, -0.1) is 0 Å². The van der Waals surface area contributed by atoms with Crippen LogP contribution in [0.1, 0.15) is 57.8 Å². The van der Waals surface area contributed by atoms with Crippen molar-refractivity contribution in [1.82, 2.24) is 15.1 Å². The van der Waals surface area contributed by atoms with Crippen molar-refractivity contribution < 1.29 is 14.4 Å². The molecule has 1 N–H and O–H groups in total. The standard InChI is InChI=1S/C16H25N3O3/c20-14(17-12-6-4-2-1-3-5-7-12)10-19-15(21)11-18(16(19)22)13-8-9-13/h12-13H,1-11H2,(H,17,20). The molecule has 0 unspecified atom stereocenters. The molecule has 22 heavy (non-hydrogen) atoms. The minimum atomic E-state index is -0.291. The zero-order valence-electron chi connectivity index (χ0n) is 13.1. The molecular weight excluding hydrogens is 282 g/mol. The number of amides is 4. The maximum absolute atomic E-state index is 12.2. The minimum Gasteiger partial charge on any atom is -0.352 e. The fraction of sp³-hybridized carbons (Fsp3) is 0.812. The monoisotopic (exact) mass is 307 g/mol. The maximum Gasteiger partial charge on any atom is 0.327 e. The summed E-state index contributed by atoms with van der Waals surface area (Å²) in [6.07, 6.45) is 9.97. The topological polar surface area (TPSA) is 69.7 Å². The zero-order chi connectivity index (χ0) is 15.5. The number of rotatable bonds is 4. The average Bonchev–Trinajstić information content (AvgIpc) is 3.24. The van der Waals surface area contributed by atoms with Crippen LogP contribution in [-0.4, -0.2) is 52.8 Å². The quantitative estimate of drug-likeness (QED) is 0.803. The number of carbonyl (C=O) groups is 3. The summed E-state index contributed by atoms with van der Waals surface area (Å²) < 4.78 is 0. The zero-order valence-corrected chi connectivity index (χ0v) is 13.1. The van der Waals surface area contributed by atoms with E-state index < -0.39 is 0 Å². The van der Waals surface area contributed by atoms with Crippen molar-refractivity contribution in [2.75, 3.05) is 13.1 Å². The molecule has 2 aliphatic carbocycles. The Labute approximate surface area is 131 Å². The molecule has 1 aliphatic heterocycles. The number of urea groups is 1. The predicted molar refractivity (Wildman–Crippen MR) is 81.1 cm³/mol. The highest BCUT2D eigenvalue weighted by molar-refractivity contribution is 6.04. The van der Waals surface area contributed by atoms with Crippen molar-refractivity contribution in [2.45, 2.75) is 69.9 Å². The van der Waals surface area contributed by atoms with Gasteiger partial charge >= 0.3 is 6.03 Å². The third-order valence-corrected chi connectivity index (χ3v) is 4.84. The summed E-state index contributed by atoms with van der Waals surface area (Å²) in [5.74, 6) is -0.449. The minimum absolute atomic E-state index is 0.128. The number of hydrogen-bond acceptors (Lipinski definition) is 3. The van der Waals surface area contributed by atoms with Crippen molar-refractivity contribution in [2.24, 2.45) is 0 Å². The molecule has 4 amide bonds. The molecule has 122 valence electrons. The van der Waals surface area contributed by atoms with E-state index >= 15 is 0 Å². The Balaban J connectivity index is 1.50. The van der Waals surface area contributed by atoms with Gasteiger partial charge in [0.25, 0.3) is 5.91 Å². The van der Waals surface area contributed by atoms with Gasteiger partial charge in [-0.25, -0.2) is 4.79 Å². The molecule has 0 aromatic heterocycles. The van der Waals surface area contributed by atoms with Crippen molar-refractivity contribution >= 4 is 17.8 Å². The van der Waals surface area contributed by atoms with Gasteiger partial charge in [0.05, 0.1) is 0 Å². The molecule has 6 heteroatoms. The van der Waals surface area contributed by atoms with E-state index in [0.29, 0.717) is 0 Å². The van der Waals surface area contributed by atoms with E-state index in [1.165, 1.54) is 19.3 Å². The summed E-state index contributed by atoms with van der Waals surface area (Å²) in [4.78, 5) is 39.0. The normalized spacial score (nSPS) is 24.4. The van der Waals surface area contributed by atoms with Crippen molar-refractivity contribution in [1.29, 1.82) is 0 Å². The molecule has 0 aromatic rings. The van der Waals surface area contributed by atoms with Gasteiger partial charge < -0.3 is 10.2 Å². The van der Waals surface area contributed by atoms with E-state index in [-0.39, 0.29) is 43.0 Å². The van der Waals surface area contributed by atoms with Gasteiger partial charge in [0.2, 0.25) is 5.91 Å². The van der Waals surface area contributed by atoms with Crippen LogP contribution in [0.5, 0.6) is 0 Å². The number of imide groups is 1. The molecule has 6 nitrogen and oxygen atoms in total. The highest BCUT2D eigenvalue weighted by atomic mass is 16.2. The molecule has 3 aliphatic rings. The Hall–Kier alpha value is -1.59. The molecule has 1 heterocycles. The molecule has 0 bridgehead atoms. The van der Waals surface area contributed by atoms with E-state index in [0.717, 1.165) is 43.4 Å². The number of nitrogens with one attached hydrogen (secondary N) is 1. The van der Waals surface area contributed by atoms with Crippen LogP contribution in [0, 0.1) is 0 Å². The molecule has 3 rings (SSSR count). The Morgan fingerprint density at radius 3 is 2.27 bits per heavy atom. The van der Waals surface area contributed by atoms with Crippen LogP contribution in [0.4, 0.5) is 4.79 Å². The van der Waals surface area contributed by atoms with E-state index in [1.807, 2.05) is 0 Å². The van der Waals surface area contributed by atoms with Gasteiger partial charge in [-0.2, -0.15) is 0 Å². The van der Waals surface area contributed by atoms with Gasteiger partial charge in [0.15, 0.2) is 0 Å². The average molecular weight is 307 g/mol. The first kappa shape index (κ1) is 15.3.